The quantitative estimate of drug-likeness (QED) is 0.536. The van der Waals surface area contributed by atoms with Crippen molar-refractivity contribution in [1.82, 2.24) is 0 Å². The molecule has 0 aliphatic carbocycles. The molecule has 1 unspecified atom stereocenters. The van der Waals surface area contributed by atoms with Gasteiger partial charge in [0, 0.05) is 11.5 Å². The van der Waals surface area contributed by atoms with Crippen molar-refractivity contribution in [2.24, 2.45) is 0 Å². The average Bonchev–Trinajstić information content (AvgIpc) is 2.55. The predicted octanol–water partition coefficient (Wildman–Crippen LogP) is 4.85. The zero-order valence-corrected chi connectivity index (χ0v) is 12.7. The van der Waals surface area contributed by atoms with Gasteiger partial charge in [-0.25, -0.2) is 0 Å². The number of rotatable bonds is 7. The molecular formula is C19H22O2. The van der Waals surface area contributed by atoms with E-state index in [1.165, 1.54) is 0 Å². The Morgan fingerprint density at radius 2 is 1.71 bits per heavy atom. The first-order valence-corrected chi connectivity index (χ1v) is 7.54. The van der Waals surface area contributed by atoms with Crippen LogP contribution in [-0.4, -0.2) is 12.4 Å². The van der Waals surface area contributed by atoms with Crippen molar-refractivity contribution in [2.75, 3.05) is 6.61 Å². The monoisotopic (exact) mass is 282 g/mol. The number of carbonyl (C=O) groups is 1. The molecule has 2 rings (SSSR count). The number of ketones is 1. The molecule has 0 N–H and O–H groups in total. The number of ether oxygens (including phenoxy) is 1. The van der Waals surface area contributed by atoms with Gasteiger partial charge in [-0.3, -0.25) is 4.79 Å². The average molecular weight is 282 g/mol. The highest BCUT2D eigenvalue weighted by atomic mass is 16.5. The van der Waals surface area contributed by atoms with Crippen LogP contribution in [0.4, 0.5) is 0 Å². The van der Waals surface area contributed by atoms with Gasteiger partial charge in [0.05, 0.1) is 6.61 Å². The summed E-state index contributed by atoms with van der Waals surface area (Å²) in [5.74, 6) is 0.840. The number of hydrogen-bond donors (Lipinski definition) is 0. The van der Waals surface area contributed by atoms with E-state index in [1.807, 2.05) is 61.5 Å². The van der Waals surface area contributed by atoms with Crippen LogP contribution in [0.25, 0.3) is 0 Å². The van der Waals surface area contributed by atoms with E-state index < -0.39 is 0 Å². The van der Waals surface area contributed by atoms with Crippen LogP contribution in [0, 0.1) is 0 Å². The van der Waals surface area contributed by atoms with Crippen LogP contribution >= 0.6 is 0 Å². The molecule has 0 aromatic heterocycles. The highest BCUT2D eigenvalue weighted by Gasteiger charge is 2.16. The molecule has 0 bridgehead atoms. The first-order valence-electron chi connectivity index (χ1n) is 7.54. The second-order valence-electron chi connectivity index (χ2n) is 5.22. The molecule has 0 aliphatic heterocycles. The summed E-state index contributed by atoms with van der Waals surface area (Å²) < 4.78 is 5.61. The van der Waals surface area contributed by atoms with E-state index in [4.69, 9.17) is 4.74 Å². The normalized spacial score (nSPS) is 11.9. The maximum atomic E-state index is 12.5. The lowest BCUT2D eigenvalue weighted by molar-refractivity contribution is 0.0966. The van der Waals surface area contributed by atoms with Crippen LogP contribution in [0.15, 0.2) is 54.6 Å². The molecule has 1 atom stereocenters. The summed E-state index contributed by atoms with van der Waals surface area (Å²) in [6.45, 7) is 4.81. The van der Waals surface area contributed by atoms with Crippen LogP contribution in [0.2, 0.25) is 0 Å². The SMILES string of the molecule is CCCCOc1ccc(C(=O)C(C)c2ccccc2)cc1. The lowest BCUT2D eigenvalue weighted by Crippen LogP contribution is -2.09. The predicted molar refractivity (Wildman–Crippen MR) is 86.0 cm³/mol. The molecule has 2 aromatic carbocycles. The summed E-state index contributed by atoms with van der Waals surface area (Å²) in [5.41, 5.74) is 1.78. The van der Waals surface area contributed by atoms with E-state index in [0.29, 0.717) is 0 Å². The summed E-state index contributed by atoms with van der Waals surface area (Å²) in [6, 6.07) is 17.3. The third-order valence-electron chi connectivity index (χ3n) is 3.60. The Morgan fingerprint density at radius 3 is 2.33 bits per heavy atom. The number of carbonyl (C=O) groups excluding carboxylic acids is 1. The van der Waals surface area contributed by atoms with Crippen molar-refractivity contribution >= 4 is 5.78 Å². The van der Waals surface area contributed by atoms with E-state index >= 15 is 0 Å². The van der Waals surface area contributed by atoms with Crippen molar-refractivity contribution < 1.29 is 9.53 Å². The summed E-state index contributed by atoms with van der Waals surface area (Å²) in [7, 11) is 0. The van der Waals surface area contributed by atoms with Gasteiger partial charge in [0.25, 0.3) is 0 Å². The number of unbranched alkanes of at least 4 members (excludes halogenated alkanes) is 1. The minimum atomic E-state index is -0.127. The van der Waals surface area contributed by atoms with E-state index in [2.05, 4.69) is 6.92 Å². The van der Waals surface area contributed by atoms with Crippen LogP contribution in [-0.2, 0) is 0 Å². The van der Waals surface area contributed by atoms with Gasteiger partial charge >= 0.3 is 0 Å². The Balaban J connectivity index is 2.03. The van der Waals surface area contributed by atoms with Gasteiger partial charge in [-0.05, 0) is 36.2 Å². The first-order chi connectivity index (χ1) is 10.2. The Labute approximate surface area is 126 Å². The van der Waals surface area contributed by atoms with Crippen LogP contribution in [0.1, 0.15) is 48.5 Å². The molecule has 0 heterocycles. The van der Waals surface area contributed by atoms with Gasteiger partial charge in [-0.1, -0.05) is 50.6 Å². The zero-order valence-electron chi connectivity index (χ0n) is 12.7. The third kappa shape index (κ3) is 4.19. The largest absolute Gasteiger partial charge is 0.494 e. The summed E-state index contributed by atoms with van der Waals surface area (Å²) >= 11 is 0. The molecule has 0 radical (unpaired) electrons. The summed E-state index contributed by atoms with van der Waals surface area (Å²) in [6.07, 6.45) is 2.16. The minimum absolute atomic E-state index is 0.127. The second-order valence-corrected chi connectivity index (χ2v) is 5.22. The molecule has 0 aliphatic rings. The molecule has 0 amide bonds. The highest BCUT2D eigenvalue weighted by Crippen LogP contribution is 2.22. The van der Waals surface area contributed by atoms with Crippen molar-refractivity contribution in [2.45, 2.75) is 32.6 Å². The zero-order chi connectivity index (χ0) is 15.1. The van der Waals surface area contributed by atoms with E-state index in [9.17, 15) is 4.79 Å². The van der Waals surface area contributed by atoms with E-state index in [-0.39, 0.29) is 11.7 Å². The fourth-order valence-electron chi connectivity index (χ4n) is 2.19. The van der Waals surface area contributed by atoms with E-state index in [0.717, 1.165) is 36.3 Å². The topological polar surface area (TPSA) is 26.3 Å². The van der Waals surface area contributed by atoms with E-state index in [1.54, 1.807) is 0 Å². The summed E-state index contributed by atoms with van der Waals surface area (Å²) in [5, 5.41) is 0. The van der Waals surface area contributed by atoms with Gasteiger partial charge in [0.1, 0.15) is 5.75 Å². The molecule has 2 heteroatoms. The Morgan fingerprint density at radius 1 is 1.05 bits per heavy atom. The maximum Gasteiger partial charge on any atom is 0.170 e. The van der Waals surface area contributed by atoms with Gasteiger partial charge in [-0.15, -0.1) is 0 Å². The van der Waals surface area contributed by atoms with Crippen molar-refractivity contribution in [3.8, 4) is 5.75 Å². The maximum absolute atomic E-state index is 12.5. The lowest BCUT2D eigenvalue weighted by atomic mass is 9.92. The van der Waals surface area contributed by atoms with Gasteiger partial charge < -0.3 is 4.74 Å². The van der Waals surface area contributed by atoms with Gasteiger partial charge in [0.2, 0.25) is 0 Å². The first kappa shape index (κ1) is 15.3. The van der Waals surface area contributed by atoms with Crippen LogP contribution in [0.3, 0.4) is 0 Å². The molecule has 21 heavy (non-hydrogen) atoms. The molecule has 2 aromatic rings. The molecule has 2 nitrogen and oxygen atoms in total. The molecule has 0 saturated carbocycles. The fraction of sp³-hybridized carbons (Fsp3) is 0.316. The smallest absolute Gasteiger partial charge is 0.170 e. The second kappa shape index (κ2) is 7.63. The Hall–Kier alpha value is -2.09. The summed E-state index contributed by atoms with van der Waals surface area (Å²) in [4.78, 5) is 12.5. The fourth-order valence-corrected chi connectivity index (χ4v) is 2.19. The Kier molecular flexibility index (Phi) is 5.56. The van der Waals surface area contributed by atoms with Gasteiger partial charge in [0.15, 0.2) is 5.78 Å². The molecule has 0 spiro atoms. The minimum Gasteiger partial charge on any atom is -0.494 e. The molecule has 0 saturated heterocycles. The number of hydrogen-bond acceptors (Lipinski definition) is 2. The van der Waals surface area contributed by atoms with Crippen LogP contribution < -0.4 is 4.74 Å². The van der Waals surface area contributed by atoms with Crippen molar-refractivity contribution in [1.29, 1.82) is 0 Å². The van der Waals surface area contributed by atoms with Crippen molar-refractivity contribution in [3.63, 3.8) is 0 Å². The van der Waals surface area contributed by atoms with Crippen LogP contribution in [0.5, 0.6) is 5.75 Å². The number of Topliss-reactive ketones (excluding diaryl/α,β-unsaturated/α-hetero) is 1. The molecule has 0 fully saturated rings. The Bertz CT molecular complexity index is 558. The van der Waals surface area contributed by atoms with Gasteiger partial charge in [-0.2, -0.15) is 0 Å². The lowest BCUT2D eigenvalue weighted by Gasteiger charge is -2.11. The molecular weight excluding hydrogens is 260 g/mol. The van der Waals surface area contributed by atoms with Crippen molar-refractivity contribution in [3.05, 3.63) is 65.7 Å². The molecule has 110 valence electrons. The number of benzene rings is 2. The third-order valence-corrected chi connectivity index (χ3v) is 3.60. The highest BCUT2D eigenvalue weighted by molar-refractivity contribution is 6.00. The standard InChI is InChI=1S/C19H22O2/c1-3-4-14-21-18-12-10-17(11-13-18)19(20)15(2)16-8-6-5-7-9-16/h5-13,15H,3-4,14H2,1-2H3.